The molecule has 0 nitrogen and oxygen atoms in total. The molecule has 0 heterocycles. The molecule has 0 fully saturated rings. The normalized spacial score (nSPS) is 14.4. The molecule has 2 aromatic rings. The minimum absolute atomic E-state index is 1.06. The van der Waals surface area contributed by atoms with Crippen molar-refractivity contribution in [1.29, 1.82) is 0 Å². The van der Waals surface area contributed by atoms with Gasteiger partial charge in [0.2, 0.25) is 0 Å². The third-order valence-corrected chi connectivity index (χ3v) is 4.41. The van der Waals surface area contributed by atoms with E-state index in [1.54, 1.807) is 6.08 Å². The summed E-state index contributed by atoms with van der Waals surface area (Å²) in [6.45, 7) is 2.00. The molecule has 0 saturated heterocycles. The molecule has 0 radical (unpaired) electrons. The molecular weight excluding hydrogens is 300 g/mol. The average molecular weight is 322 g/mol. The maximum absolute atomic E-state index is 5.42. The second-order valence-corrected chi connectivity index (χ2v) is 6.08. The summed E-state index contributed by atoms with van der Waals surface area (Å²) in [5.74, 6) is 2.61. The van der Waals surface area contributed by atoms with E-state index in [0.717, 1.165) is 24.0 Å². The summed E-state index contributed by atoms with van der Waals surface area (Å²) in [5, 5.41) is 0. The summed E-state index contributed by atoms with van der Waals surface area (Å²) in [6.07, 6.45) is 20.1. The van der Waals surface area contributed by atoms with Crippen LogP contribution in [0.15, 0.2) is 85.0 Å². The van der Waals surface area contributed by atoms with Crippen molar-refractivity contribution in [2.75, 3.05) is 0 Å². The Bertz CT molecular complexity index is 877. The molecule has 3 rings (SSSR count). The van der Waals surface area contributed by atoms with Gasteiger partial charge in [-0.15, -0.1) is 6.42 Å². The van der Waals surface area contributed by atoms with Gasteiger partial charge in [0.1, 0.15) is 0 Å². The SMILES string of the molecule is C#C/C=C(\C=C/C)c1ccc(-c2ccc(C3=CC=CCC3)cc2)cc1. The highest BCUT2D eigenvalue weighted by Gasteiger charge is 2.05. The Balaban J connectivity index is 1.83. The number of hydrogen-bond acceptors (Lipinski definition) is 0. The van der Waals surface area contributed by atoms with Gasteiger partial charge in [-0.2, -0.15) is 0 Å². The fourth-order valence-corrected chi connectivity index (χ4v) is 3.07. The maximum Gasteiger partial charge on any atom is -0.00431 e. The van der Waals surface area contributed by atoms with Crippen molar-refractivity contribution < 1.29 is 0 Å². The van der Waals surface area contributed by atoms with Gasteiger partial charge in [0.05, 0.1) is 0 Å². The van der Waals surface area contributed by atoms with Gasteiger partial charge >= 0.3 is 0 Å². The summed E-state index contributed by atoms with van der Waals surface area (Å²) in [7, 11) is 0. The zero-order valence-electron chi connectivity index (χ0n) is 14.6. The topological polar surface area (TPSA) is 0 Å². The molecule has 0 atom stereocenters. The van der Waals surface area contributed by atoms with Crippen LogP contribution in [0.2, 0.25) is 0 Å². The minimum atomic E-state index is 1.06. The minimum Gasteiger partial charge on any atom is -0.115 e. The van der Waals surface area contributed by atoms with E-state index in [-0.39, 0.29) is 0 Å². The summed E-state index contributed by atoms with van der Waals surface area (Å²) in [4.78, 5) is 0. The number of benzene rings is 2. The van der Waals surface area contributed by atoms with Crippen molar-refractivity contribution in [2.45, 2.75) is 19.8 Å². The zero-order valence-corrected chi connectivity index (χ0v) is 14.6. The molecule has 0 saturated carbocycles. The molecule has 0 bridgehead atoms. The third-order valence-electron chi connectivity index (χ3n) is 4.41. The van der Waals surface area contributed by atoms with Crippen molar-refractivity contribution in [2.24, 2.45) is 0 Å². The molecule has 0 unspecified atom stereocenters. The van der Waals surface area contributed by atoms with Crippen LogP contribution in [0.4, 0.5) is 0 Å². The first kappa shape index (κ1) is 16.8. The van der Waals surface area contributed by atoms with Gasteiger partial charge in [-0.1, -0.05) is 84.8 Å². The maximum atomic E-state index is 5.42. The predicted octanol–water partition coefficient (Wildman–Crippen LogP) is 6.68. The van der Waals surface area contributed by atoms with E-state index < -0.39 is 0 Å². The molecule has 1 aliphatic rings. The van der Waals surface area contributed by atoms with Gasteiger partial charge in [0.15, 0.2) is 0 Å². The summed E-state index contributed by atoms with van der Waals surface area (Å²) in [6, 6.07) is 17.4. The molecule has 0 amide bonds. The highest BCUT2D eigenvalue weighted by atomic mass is 14.1. The monoisotopic (exact) mass is 322 g/mol. The van der Waals surface area contributed by atoms with Crippen molar-refractivity contribution in [3.63, 3.8) is 0 Å². The van der Waals surface area contributed by atoms with E-state index in [4.69, 9.17) is 6.42 Å². The first-order valence-corrected chi connectivity index (χ1v) is 8.68. The summed E-state index contributed by atoms with van der Waals surface area (Å²) in [5.41, 5.74) is 7.38. The third kappa shape index (κ3) is 4.08. The Morgan fingerprint density at radius 2 is 1.60 bits per heavy atom. The second kappa shape index (κ2) is 8.18. The van der Waals surface area contributed by atoms with Gasteiger partial charge in [0, 0.05) is 0 Å². The number of allylic oxidation sites excluding steroid dienone is 8. The highest BCUT2D eigenvalue weighted by Crippen LogP contribution is 2.27. The average Bonchev–Trinajstić information content (AvgIpc) is 2.69. The Labute approximate surface area is 150 Å². The Hall–Kier alpha value is -3.04. The van der Waals surface area contributed by atoms with Gasteiger partial charge in [-0.05, 0) is 59.2 Å². The van der Waals surface area contributed by atoms with Crippen LogP contribution in [-0.4, -0.2) is 0 Å². The number of hydrogen-bond donors (Lipinski definition) is 0. The molecular formula is C25H22. The quantitative estimate of drug-likeness (QED) is 0.435. The van der Waals surface area contributed by atoms with Crippen LogP contribution in [0.25, 0.3) is 22.3 Å². The van der Waals surface area contributed by atoms with E-state index in [1.165, 1.54) is 22.3 Å². The smallest absolute Gasteiger partial charge is 0.00431 e. The predicted molar refractivity (Wildman–Crippen MR) is 110 cm³/mol. The lowest BCUT2D eigenvalue weighted by Gasteiger charge is -2.10. The summed E-state index contributed by atoms with van der Waals surface area (Å²) < 4.78 is 0. The van der Waals surface area contributed by atoms with E-state index in [1.807, 2.05) is 19.1 Å². The van der Waals surface area contributed by atoms with Crippen LogP contribution in [0.1, 0.15) is 30.9 Å². The molecule has 0 N–H and O–H groups in total. The Morgan fingerprint density at radius 1 is 0.960 bits per heavy atom. The van der Waals surface area contributed by atoms with Gasteiger partial charge in [-0.3, -0.25) is 0 Å². The van der Waals surface area contributed by atoms with Crippen LogP contribution in [0.3, 0.4) is 0 Å². The van der Waals surface area contributed by atoms with Crippen molar-refractivity contribution >= 4 is 11.1 Å². The number of rotatable bonds is 4. The fourth-order valence-electron chi connectivity index (χ4n) is 3.07. The molecule has 0 aromatic heterocycles. The first-order valence-electron chi connectivity index (χ1n) is 8.68. The van der Waals surface area contributed by atoms with E-state index in [2.05, 4.69) is 72.7 Å². The summed E-state index contributed by atoms with van der Waals surface area (Å²) >= 11 is 0. The van der Waals surface area contributed by atoms with Crippen molar-refractivity contribution in [3.8, 4) is 23.5 Å². The highest BCUT2D eigenvalue weighted by molar-refractivity contribution is 5.78. The van der Waals surface area contributed by atoms with Crippen LogP contribution in [0.5, 0.6) is 0 Å². The first-order chi connectivity index (χ1) is 12.3. The van der Waals surface area contributed by atoms with E-state index >= 15 is 0 Å². The number of terminal acetylenes is 1. The molecule has 1 aliphatic carbocycles. The molecule has 0 heteroatoms. The largest absolute Gasteiger partial charge is 0.115 e. The van der Waals surface area contributed by atoms with Crippen LogP contribution in [0, 0.1) is 12.3 Å². The van der Waals surface area contributed by atoms with Gasteiger partial charge in [0.25, 0.3) is 0 Å². The lowest BCUT2D eigenvalue weighted by molar-refractivity contribution is 1.05. The van der Waals surface area contributed by atoms with Crippen LogP contribution in [-0.2, 0) is 0 Å². The van der Waals surface area contributed by atoms with E-state index in [0.29, 0.717) is 0 Å². The molecule has 0 spiro atoms. The van der Waals surface area contributed by atoms with Crippen molar-refractivity contribution in [1.82, 2.24) is 0 Å². The Kier molecular flexibility index (Phi) is 5.50. The molecule has 2 aromatic carbocycles. The molecule has 122 valence electrons. The Morgan fingerprint density at radius 3 is 2.16 bits per heavy atom. The lowest BCUT2D eigenvalue weighted by atomic mass is 9.95. The molecule has 0 aliphatic heterocycles. The fraction of sp³-hybridized carbons (Fsp3) is 0.120. The van der Waals surface area contributed by atoms with Gasteiger partial charge < -0.3 is 0 Å². The lowest BCUT2D eigenvalue weighted by Crippen LogP contribution is -1.88. The standard InChI is InChI=1S/C25H22/c1-3-8-20(9-4-2)22-12-16-24(17-13-22)25-18-14-23(15-19-25)21-10-6-5-7-11-21/h1,4-6,8-10,12-19H,7,11H2,2H3/b9-4-,20-8+. The van der Waals surface area contributed by atoms with E-state index in [9.17, 15) is 0 Å². The molecule has 25 heavy (non-hydrogen) atoms. The zero-order chi connectivity index (χ0) is 17.5. The van der Waals surface area contributed by atoms with Crippen LogP contribution >= 0.6 is 0 Å². The van der Waals surface area contributed by atoms with Crippen LogP contribution < -0.4 is 0 Å². The van der Waals surface area contributed by atoms with Crippen molar-refractivity contribution in [3.05, 3.63) is 96.1 Å². The second-order valence-electron chi connectivity index (χ2n) is 6.08. The van der Waals surface area contributed by atoms with Gasteiger partial charge in [-0.25, -0.2) is 0 Å².